The van der Waals surface area contributed by atoms with Crippen molar-refractivity contribution in [2.24, 2.45) is 0 Å². The molecule has 1 unspecified atom stereocenters. The average molecular weight is 128 g/mol. The molecule has 50 valence electrons. The fourth-order valence-electron chi connectivity index (χ4n) is 0. The molecule has 0 fully saturated rings. The van der Waals surface area contributed by atoms with Crippen molar-refractivity contribution in [2.75, 3.05) is 0 Å². The van der Waals surface area contributed by atoms with E-state index in [0.717, 1.165) is 0 Å². The minimum Gasteiger partial charge on any atom is -0.357 e. The van der Waals surface area contributed by atoms with Crippen LogP contribution in [-0.4, -0.2) is 16.9 Å². The van der Waals surface area contributed by atoms with Gasteiger partial charge in [-0.3, -0.25) is 0 Å². The van der Waals surface area contributed by atoms with Crippen LogP contribution in [0.2, 0.25) is 0 Å². The van der Waals surface area contributed by atoms with Crippen LogP contribution in [0.5, 0.6) is 0 Å². The molecule has 0 bridgehead atoms. The Kier molecular flexibility index (Phi) is 1.57. The van der Waals surface area contributed by atoms with Crippen LogP contribution in [0.1, 0.15) is 13.8 Å². The van der Waals surface area contributed by atoms with Crippen molar-refractivity contribution in [1.82, 2.24) is 0 Å². The quantitative estimate of drug-likeness (QED) is 0.564. The number of alkyl halides is 3. The Balaban J connectivity index is 4.02. The molecule has 1 atom stereocenters. The first-order valence-electron chi connectivity index (χ1n) is 2.04. The summed E-state index contributed by atoms with van der Waals surface area (Å²) in [7, 11) is 0. The Morgan fingerprint density at radius 2 is 1.25 bits per heavy atom. The molecular formula is C4H7F3O. The third-order valence-electron chi connectivity index (χ3n) is 0.801. The Labute approximate surface area is 45.1 Å². The summed E-state index contributed by atoms with van der Waals surface area (Å²) in [6.07, 6.45) is 0. The van der Waals surface area contributed by atoms with E-state index in [1.807, 2.05) is 0 Å². The molecule has 0 aromatic carbocycles. The molecular weight excluding hydrogens is 121 g/mol. The molecule has 1 nitrogen and oxygen atoms in total. The molecule has 0 aliphatic heterocycles. The van der Waals surface area contributed by atoms with Crippen LogP contribution >= 0.6 is 0 Å². The summed E-state index contributed by atoms with van der Waals surface area (Å²) in [5.74, 6) is -7.07. The average Bonchev–Trinajstić information content (AvgIpc) is 1.25. The lowest BCUT2D eigenvalue weighted by atomic mass is 10.2. The highest BCUT2D eigenvalue weighted by Gasteiger charge is 2.44. The van der Waals surface area contributed by atoms with E-state index >= 15 is 0 Å². The van der Waals surface area contributed by atoms with Gasteiger partial charge >= 0.3 is 5.92 Å². The maximum absolute atomic E-state index is 11.7. The van der Waals surface area contributed by atoms with Crippen molar-refractivity contribution in [3.8, 4) is 0 Å². The van der Waals surface area contributed by atoms with E-state index in [-0.39, 0.29) is 0 Å². The van der Waals surface area contributed by atoms with Gasteiger partial charge in [-0.2, -0.15) is 0 Å². The van der Waals surface area contributed by atoms with Gasteiger partial charge in [-0.1, -0.05) is 0 Å². The molecule has 0 rings (SSSR count). The monoisotopic (exact) mass is 128 g/mol. The number of aliphatic hydroxyl groups is 1. The minimum atomic E-state index is -3.67. The number of hydrogen-bond acceptors (Lipinski definition) is 1. The molecule has 0 spiro atoms. The molecule has 0 heterocycles. The SMILES string of the molecule is CC(O)(F)C(C)(F)F. The highest BCUT2D eigenvalue weighted by atomic mass is 19.3. The molecule has 0 aliphatic carbocycles. The molecule has 0 aliphatic rings. The van der Waals surface area contributed by atoms with Crippen LogP contribution in [0, 0.1) is 0 Å². The molecule has 0 saturated heterocycles. The fraction of sp³-hybridized carbons (Fsp3) is 1.00. The summed E-state index contributed by atoms with van der Waals surface area (Å²) in [6.45, 7) is 0.722. The summed E-state index contributed by atoms with van der Waals surface area (Å²) < 4.78 is 34.9. The van der Waals surface area contributed by atoms with Crippen LogP contribution in [0.4, 0.5) is 13.2 Å². The summed E-state index contributed by atoms with van der Waals surface area (Å²) in [6, 6.07) is 0. The van der Waals surface area contributed by atoms with Crippen molar-refractivity contribution in [3.63, 3.8) is 0 Å². The van der Waals surface area contributed by atoms with E-state index in [9.17, 15) is 13.2 Å². The van der Waals surface area contributed by atoms with Gasteiger partial charge in [0, 0.05) is 13.8 Å². The first-order chi connectivity index (χ1) is 3.25. The lowest BCUT2D eigenvalue weighted by Crippen LogP contribution is -2.38. The Morgan fingerprint density at radius 3 is 1.25 bits per heavy atom. The van der Waals surface area contributed by atoms with Crippen LogP contribution in [0.15, 0.2) is 0 Å². The zero-order valence-electron chi connectivity index (χ0n) is 4.58. The van der Waals surface area contributed by atoms with Crippen molar-refractivity contribution in [3.05, 3.63) is 0 Å². The maximum atomic E-state index is 11.7. The second kappa shape index (κ2) is 1.62. The van der Waals surface area contributed by atoms with E-state index in [0.29, 0.717) is 13.8 Å². The molecule has 0 amide bonds. The largest absolute Gasteiger partial charge is 0.357 e. The first kappa shape index (κ1) is 7.75. The molecule has 4 heteroatoms. The third kappa shape index (κ3) is 1.69. The zero-order chi connectivity index (χ0) is 7.00. The van der Waals surface area contributed by atoms with Crippen molar-refractivity contribution in [2.45, 2.75) is 25.6 Å². The minimum absolute atomic E-state index is 0.312. The smallest absolute Gasteiger partial charge is 0.302 e. The van der Waals surface area contributed by atoms with Crippen molar-refractivity contribution in [1.29, 1.82) is 0 Å². The number of rotatable bonds is 1. The summed E-state index contributed by atoms with van der Waals surface area (Å²) in [4.78, 5) is 0. The normalized spacial score (nSPS) is 20.2. The molecule has 0 aromatic heterocycles. The van der Waals surface area contributed by atoms with Gasteiger partial charge in [-0.15, -0.1) is 0 Å². The lowest BCUT2D eigenvalue weighted by Gasteiger charge is -2.19. The van der Waals surface area contributed by atoms with Gasteiger partial charge in [-0.25, -0.2) is 13.2 Å². The Hall–Kier alpha value is -0.250. The Morgan fingerprint density at radius 1 is 1.12 bits per heavy atom. The molecule has 1 N–H and O–H groups in total. The van der Waals surface area contributed by atoms with E-state index in [1.54, 1.807) is 0 Å². The highest BCUT2D eigenvalue weighted by molar-refractivity contribution is 4.73. The second-order valence-corrected chi connectivity index (χ2v) is 1.84. The predicted molar refractivity (Wildman–Crippen MR) is 22.4 cm³/mol. The topological polar surface area (TPSA) is 20.2 Å². The van der Waals surface area contributed by atoms with E-state index in [4.69, 9.17) is 5.11 Å². The van der Waals surface area contributed by atoms with Gasteiger partial charge in [0.05, 0.1) is 0 Å². The van der Waals surface area contributed by atoms with E-state index in [2.05, 4.69) is 0 Å². The van der Waals surface area contributed by atoms with Gasteiger partial charge in [0.25, 0.3) is 5.85 Å². The van der Waals surface area contributed by atoms with E-state index in [1.165, 1.54) is 0 Å². The fourth-order valence-corrected chi connectivity index (χ4v) is 0. The van der Waals surface area contributed by atoms with Crippen molar-refractivity contribution < 1.29 is 18.3 Å². The summed E-state index contributed by atoms with van der Waals surface area (Å²) >= 11 is 0. The van der Waals surface area contributed by atoms with Crippen LogP contribution in [0.25, 0.3) is 0 Å². The molecule has 0 aromatic rings. The van der Waals surface area contributed by atoms with Gasteiger partial charge < -0.3 is 5.11 Å². The van der Waals surface area contributed by atoms with Crippen molar-refractivity contribution >= 4 is 0 Å². The third-order valence-corrected chi connectivity index (χ3v) is 0.801. The predicted octanol–water partition coefficient (Wildman–Crippen LogP) is 1.32. The van der Waals surface area contributed by atoms with Gasteiger partial charge in [0.1, 0.15) is 0 Å². The van der Waals surface area contributed by atoms with Gasteiger partial charge in [-0.05, 0) is 0 Å². The molecule has 0 radical (unpaired) electrons. The zero-order valence-corrected chi connectivity index (χ0v) is 4.58. The second-order valence-electron chi connectivity index (χ2n) is 1.84. The lowest BCUT2D eigenvalue weighted by molar-refractivity contribution is -0.231. The number of halogens is 3. The van der Waals surface area contributed by atoms with Crippen LogP contribution in [-0.2, 0) is 0 Å². The molecule has 0 saturated carbocycles. The first-order valence-corrected chi connectivity index (χ1v) is 2.04. The van der Waals surface area contributed by atoms with Crippen LogP contribution in [0.3, 0.4) is 0 Å². The van der Waals surface area contributed by atoms with Gasteiger partial charge in [0.2, 0.25) is 0 Å². The number of hydrogen-bond donors (Lipinski definition) is 1. The highest BCUT2D eigenvalue weighted by Crippen LogP contribution is 2.28. The van der Waals surface area contributed by atoms with E-state index < -0.39 is 11.8 Å². The maximum Gasteiger partial charge on any atom is 0.302 e. The van der Waals surface area contributed by atoms with Crippen LogP contribution < -0.4 is 0 Å². The summed E-state index contributed by atoms with van der Waals surface area (Å²) in [5.41, 5.74) is 0. The Bertz CT molecular complexity index is 66.3. The molecule has 8 heavy (non-hydrogen) atoms. The van der Waals surface area contributed by atoms with Gasteiger partial charge in [0.15, 0.2) is 0 Å². The standard InChI is InChI=1S/C4H7F3O/c1-3(5,6)4(2,7)8/h8H,1-2H3. The summed E-state index contributed by atoms with van der Waals surface area (Å²) in [5, 5.41) is 7.94.